The van der Waals surface area contributed by atoms with E-state index in [1.165, 1.54) is 24.9 Å². The van der Waals surface area contributed by atoms with Gasteiger partial charge in [-0.3, -0.25) is 4.79 Å². The summed E-state index contributed by atoms with van der Waals surface area (Å²) in [7, 11) is 1.53. The van der Waals surface area contributed by atoms with Crippen LogP contribution in [0, 0.1) is 5.82 Å². The van der Waals surface area contributed by atoms with Crippen LogP contribution in [0.1, 0.15) is 15.9 Å². The molecule has 0 saturated carbocycles. The van der Waals surface area contributed by atoms with E-state index >= 15 is 0 Å². The van der Waals surface area contributed by atoms with Crippen LogP contribution in [0.2, 0.25) is 0 Å². The van der Waals surface area contributed by atoms with Crippen LogP contribution in [0.4, 0.5) is 4.39 Å². The Labute approximate surface area is 114 Å². The lowest BCUT2D eigenvalue weighted by Gasteiger charge is -2.09. The number of rotatable bonds is 1. The highest BCUT2D eigenvalue weighted by molar-refractivity contribution is 7.99. The van der Waals surface area contributed by atoms with Gasteiger partial charge in [0.1, 0.15) is 11.6 Å². The molecule has 19 heavy (non-hydrogen) atoms. The van der Waals surface area contributed by atoms with Crippen molar-refractivity contribution in [3.8, 4) is 5.75 Å². The summed E-state index contributed by atoms with van der Waals surface area (Å²) in [6.45, 7) is 0. The molecule has 0 spiro atoms. The van der Waals surface area contributed by atoms with Gasteiger partial charge >= 0.3 is 0 Å². The highest BCUT2D eigenvalue weighted by Gasteiger charge is 2.25. The van der Waals surface area contributed by atoms with Crippen molar-refractivity contribution in [2.45, 2.75) is 16.2 Å². The number of ketones is 1. The van der Waals surface area contributed by atoms with Gasteiger partial charge < -0.3 is 4.74 Å². The molecular formula is C15H11FO2S. The van der Waals surface area contributed by atoms with Crippen LogP contribution in [0.25, 0.3) is 0 Å². The van der Waals surface area contributed by atoms with Gasteiger partial charge in [-0.1, -0.05) is 23.9 Å². The summed E-state index contributed by atoms with van der Waals surface area (Å²) in [6.07, 6.45) is 0.0718. The molecule has 1 aliphatic heterocycles. The van der Waals surface area contributed by atoms with Crippen molar-refractivity contribution in [1.82, 2.24) is 0 Å². The summed E-state index contributed by atoms with van der Waals surface area (Å²) in [6, 6.07) is 10.3. The molecule has 0 amide bonds. The molecule has 0 aliphatic carbocycles. The van der Waals surface area contributed by atoms with Gasteiger partial charge in [-0.15, -0.1) is 0 Å². The average Bonchev–Trinajstić information content (AvgIpc) is 2.56. The second-order valence-corrected chi connectivity index (χ2v) is 5.34. The smallest absolute Gasteiger partial charge is 0.172 e. The Hall–Kier alpha value is -1.81. The van der Waals surface area contributed by atoms with Gasteiger partial charge in [0.05, 0.1) is 12.7 Å². The summed E-state index contributed by atoms with van der Waals surface area (Å²) >= 11 is 1.41. The summed E-state index contributed by atoms with van der Waals surface area (Å²) in [5.41, 5.74) is 1.02. The van der Waals surface area contributed by atoms with Gasteiger partial charge in [0.15, 0.2) is 5.78 Å². The van der Waals surface area contributed by atoms with Crippen LogP contribution in [0.3, 0.4) is 0 Å². The third kappa shape index (κ3) is 2.02. The van der Waals surface area contributed by atoms with Crippen molar-refractivity contribution in [3.05, 3.63) is 53.3 Å². The second-order valence-electron chi connectivity index (χ2n) is 4.25. The van der Waals surface area contributed by atoms with Crippen LogP contribution in [-0.2, 0) is 6.42 Å². The number of methoxy groups -OCH3 is 1. The predicted octanol–water partition coefficient (Wildman–Crippen LogP) is 3.72. The Morgan fingerprint density at radius 2 is 1.89 bits per heavy atom. The molecule has 0 fully saturated rings. The molecule has 1 aliphatic rings. The number of hydrogen-bond acceptors (Lipinski definition) is 3. The maximum Gasteiger partial charge on any atom is 0.172 e. The Balaban J connectivity index is 2.21. The average molecular weight is 274 g/mol. The molecule has 0 unspecified atom stereocenters. The Bertz CT molecular complexity index is 667. The van der Waals surface area contributed by atoms with Crippen molar-refractivity contribution in [2.24, 2.45) is 0 Å². The number of ether oxygens (including phenoxy) is 1. The van der Waals surface area contributed by atoms with Crippen LogP contribution in [-0.4, -0.2) is 12.9 Å². The van der Waals surface area contributed by atoms with E-state index in [4.69, 9.17) is 4.74 Å². The number of hydrogen-bond donors (Lipinski definition) is 0. The fourth-order valence-corrected chi connectivity index (χ4v) is 3.35. The van der Waals surface area contributed by atoms with Crippen molar-refractivity contribution >= 4 is 17.5 Å². The normalized spacial score (nSPS) is 13.5. The summed E-state index contributed by atoms with van der Waals surface area (Å²) in [5.74, 6) is 0.108. The Kier molecular flexibility index (Phi) is 3.03. The first-order chi connectivity index (χ1) is 9.20. The number of Topliss-reactive ketones (excluding diaryl/α,β-unsaturated/α-hetero) is 1. The minimum atomic E-state index is -0.329. The van der Waals surface area contributed by atoms with E-state index in [2.05, 4.69) is 0 Å². The number of carbonyl (C=O) groups is 1. The van der Waals surface area contributed by atoms with E-state index in [1.807, 2.05) is 18.2 Å². The molecule has 96 valence electrons. The van der Waals surface area contributed by atoms with Gasteiger partial charge in [0.2, 0.25) is 0 Å². The Morgan fingerprint density at radius 3 is 2.68 bits per heavy atom. The molecule has 0 atom stereocenters. The van der Waals surface area contributed by atoms with E-state index in [0.29, 0.717) is 16.9 Å². The van der Waals surface area contributed by atoms with E-state index in [1.54, 1.807) is 12.1 Å². The molecule has 0 saturated heterocycles. The van der Waals surface area contributed by atoms with Crippen molar-refractivity contribution in [2.75, 3.05) is 7.11 Å². The lowest BCUT2D eigenvalue weighted by Crippen LogP contribution is -2.06. The van der Waals surface area contributed by atoms with Crippen molar-refractivity contribution in [1.29, 1.82) is 0 Å². The molecule has 0 bridgehead atoms. The molecule has 1 heterocycles. The zero-order chi connectivity index (χ0) is 13.4. The zero-order valence-corrected chi connectivity index (χ0v) is 11.1. The predicted molar refractivity (Wildman–Crippen MR) is 71.6 cm³/mol. The molecule has 2 aromatic rings. The Morgan fingerprint density at radius 1 is 1.16 bits per heavy atom. The monoisotopic (exact) mass is 274 g/mol. The first kappa shape index (κ1) is 12.2. The third-order valence-corrected chi connectivity index (χ3v) is 4.28. The fourth-order valence-electron chi connectivity index (χ4n) is 2.21. The molecule has 2 aromatic carbocycles. The maximum absolute atomic E-state index is 13.8. The zero-order valence-electron chi connectivity index (χ0n) is 10.3. The lowest BCUT2D eigenvalue weighted by atomic mass is 10.0. The third-order valence-electron chi connectivity index (χ3n) is 3.12. The van der Waals surface area contributed by atoms with E-state index in [0.717, 1.165) is 9.79 Å². The lowest BCUT2D eigenvalue weighted by molar-refractivity contribution is 0.0986. The van der Waals surface area contributed by atoms with E-state index in [-0.39, 0.29) is 18.0 Å². The molecule has 4 heteroatoms. The fraction of sp³-hybridized carbons (Fsp3) is 0.133. The first-order valence-electron chi connectivity index (χ1n) is 5.86. The van der Waals surface area contributed by atoms with Crippen LogP contribution < -0.4 is 4.74 Å². The standard InChI is InChI=1S/C15H11FO2S/c1-18-12-5-3-7-14-15(12)11(17)8-9-10(16)4-2-6-13(9)19-14/h2-7H,8H2,1H3. The minimum absolute atomic E-state index is 0.0718. The minimum Gasteiger partial charge on any atom is -0.496 e. The summed E-state index contributed by atoms with van der Waals surface area (Å²) in [4.78, 5) is 13.9. The SMILES string of the molecule is COc1cccc2c1C(=O)Cc1c(F)cccc1S2. The molecule has 2 nitrogen and oxygen atoms in total. The second kappa shape index (κ2) is 4.70. The molecule has 0 N–H and O–H groups in total. The van der Waals surface area contributed by atoms with Crippen molar-refractivity contribution in [3.63, 3.8) is 0 Å². The van der Waals surface area contributed by atoms with Gasteiger partial charge in [-0.25, -0.2) is 4.39 Å². The molecule has 3 rings (SSSR count). The maximum atomic E-state index is 13.8. The molecule has 0 aromatic heterocycles. The van der Waals surface area contributed by atoms with Crippen LogP contribution in [0.15, 0.2) is 46.2 Å². The summed E-state index contributed by atoms with van der Waals surface area (Å²) in [5, 5.41) is 0. The molecular weight excluding hydrogens is 263 g/mol. The van der Waals surface area contributed by atoms with Gasteiger partial charge in [-0.05, 0) is 24.3 Å². The van der Waals surface area contributed by atoms with Crippen LogP contribution in [0.5, 0.6) is 5.75 Å². The number of benzene rings is 2. The van der Waals surface area contributed by atoms with Gasteiger partial charge in [-0.2, -0.15) is 0 Å². The highest BCUT2D eigenvalue weighted by atomic mass is 32.2. The summed E-state index contributed by atoms with van der Waals surface area (Å²) < 4.78 is 19.1. The van der Waals surface area contributed by atoms with Gasteiger partial charge in [0.25, 0.3) is 0 Å². The van der Waals surface area contributed by atoms with E-state index < -0.39 is 0 Å². The van der Waals surface area contributed by atoms with Crippen molar-refractivity contribution < 1.29 is 13.9 Å². The largest absolute Gasteiger partial charge is 0.496 e. The molecule has 0 radical (unpaired) electrons. The first-order valence-corrected chi connectivity index (χ1v) is 6.68. The van der Waals surface area contributed by atoms with Gasteiger partial charge in [0, 0.05) is 21.8 Å². The number of fused-ring (bicyclic) bond motifs is 2. The van der Waals surface area contributed by atoms with Crippen LogP contribution >= 0.6 is 11.8 Å². The number of halogens is 1. The van der Waals surface area contributed by atoms with E-state index in [9.17, 15) is 9.18 Å². The highest BCUT2D eigenvalue weighted by Crippen LogP contribution is 2.40. The number of carbonyl (C=O) groups excluding carboxylic acids is 1. The quantitative estimate of drug-likeness (QED) is 0.792. The topological polar surface area (TPSA) is 26.3 Å².